The van der Waals surface area contributed by atoms with Gasteiger partial charge in [-0.1, -0.05) is 18.2 Å². The molecule has 3 heterocycles. The van der Waals surface area contributed by atoms with E-state index in [1.807, 2.05) is 12.1 Å². The molecule has 134 valence electrons. The van der Waals surface area contributed by atoms with Crippen LogP contribution in [0.4, 0.5) is 5.82 Å². The van der Waals surface area contributed by atoms with Crippen molar-refractivity contribution in [2.45, 2.75) is 36.1 Å². The first-order valence-corrected chi connectivity index (χ1v) is 11.0. The summed E-state index contributed by atoms with van der Waals surface area (Å²) in [4.78, 5) is 11.2. The summed E-state index contributed by atoms with van der Waals surface area (Å²) in [6, 6.07) is 10.4. The summed E-state index contributed by atoms with van der Waals surface area (Å²) in [5.41, 5.74) is 0.549. The van der Waals surface area contributed by atoms with Crippen LogP contribution in [0.5, 0.6) is 0 Å². The highest BCUT2D eigenvalue weighted by Gasteiger charge is 2.38. The highest BCUT2D eigenvalue weighted by molar-refractivity contribution is 7.85. The molecule has 2 aromatic heterocycles. The van der Waals surface area contributed by atoms with Crippen LogP contribution in [-0.4, -0.2) is 37.2 Å². The third-order valence-corrected chi connectivity index (χ3v) is 7.90. The molecule has 5 rings (SSSR count). The lowest BCUT2D eigenvalue weighted by Gasteiger charge is -2.41. The fraction of sp³-hybridized carbons (Fsp3) is 0.368. The molecule has 1 aromatic carbocycles. The maximum atomic E-state index is 12.5. The van der Waals surface area contributed by atoms with Crippen LogP contribution in [0.1, 0.15) is 25.0 Å². The summed E-state index contributed by atoms with van der Waals surface area (Å²) >= 11 is 1.67. The monoisotopic (exact) mass is 385 g/mol. The number of thiophene rings is 1. The molecular weight excluding hydrogens is 366 g/mol. The van der Waals surface area contributed by atoms with Crippen LogP contribution >= 0.6 is 11.3 Å². The van der Waals surface area contributed by atoms with Gasteiger partial charge in [0, 0.05) is 16.9 Å². The van der Waals surface area contributed by atoms with Crippen molar-refractivity contribution in [1.29, 1.82) is 0 Å². The molecule has 1 aliphatic carbocycles. The third kappa shape index (κ3) is 2.57. The van der Waals surface area contributed by atoms with E-state index in [9.17, 15) is 9.32 Å². The quantitative estimate of drug-likeness (QED) is 0.720. The van der Waals surface area contributed by atoms with E-state index in [-0.39, 0.29) is 12.1 Å². The minimum absolute atomic E-state index is 0.0661. The molecule has 0 spiro atoms. The molecule has 2 aliphatic rings. The second kappa shape index (κ2) is 6.11. The Morgan fingerprint density at radius 1 is 1.27 bits per heavy atom. The van der Waals surface area contributed by atoms with E-state index in [1.165, 1.54) is 10.1 Å². The van der Waals surface area contributed by atoms with Crippen molar-refractivity contribution >= 4 is 38.0 Å². The zero-order valence-electron chi connectivity index (χ0n) is 14.2. The molecule has 26 heavy (non-hydrogen) atoms. The highest BCUT2D eigenvalue weighted by atomic mass is 32.2. The summed E-state index contributed by atoms with van der Waals surface area (Å²) in [5, 5.41) is 14.4. The molecular formula is C19H19N3O2S2. The van der Waals surface area contributed by atoms with Crippen molar-refractivity contribution in [1.82, 2.24) is 9.97 Å². The van der Waals surface area contributed by atoms with Crippen LogP contribution in [0.3, 0.4) is 0 Å². The number of aryl methyl sites for hydroxylation is 1. The van der Waals surface area contributed by atoms with E-state index in [4.69, 9.17) is 9.97 Å². The third-order valence-electron chi connectivity index (χ3n) is 5.33. The molecule has 7 heteroatoms. The van der Waals surface area contributed by atoms with Crippen molar-refractivity contribution in [2.24, 2.45) is 0 Å². The molecule has 0 saturated heterocycles. The summed E-state index contributed by atoms with van der Waals surface area (Å²) in [6.45, 7) is 0.0661. The average molecular weight is 386 g/mol. The number of nitrogens with one attached hydrogen (secondary N) is 1. The second-order valence-corrected chi connectivity index (χ2v) is 9.63. The smallest absolute Gasteiger partial charge is 0.171 e. The number of nitrogens with zero attached hydrogens (tertiary/aromatic N) is 2. The van der Waals surface area contributed by atoms with Gasteiger partial charge in [0.25, 0.3) is 0 Å². The van der Waals surface area contributed by atoms with Crippen molar-refractivity contribution < 1.29 is 9.32 Å². The van der Waals surface area contributed by atoms with Gasteiger partial charge in [-0.15, -0.1) is 11.3 Å². The minimum Gasteiger partial charge on any atom is -0.394 e. The second-order valence-electron chi connectivity index (χ2n) is 7.04. The van der Waals surface area contributed by atoms with Gasteiger partial charge in [0.05, 0.1) is 33.5 Å². The molecule has 1 unspecified atom stereocenters. The lowest BCUT2D eigenvalue weighted by molar-refractivity contribution is 0.143. The summed E-state index contributed by atoms with van der Waals surface area (Å²) in [6.07, 6.45) is 3.62. The topological polar surface area (TPSA) is 75.1 Å². The van der Waals surface area contributed by atoms with Crippen LogP contribution in [0.15, 0.2) is 35.2 Å². The molecule has 1 atom stereocenters. The van der Waals surface area contributed by atoms with E-state index in [1.54, 1.807) is 11.3 Å². The van der Waals surface area contributed by atoms with E-state index in [0.29, 0.717) is 23.8 Å². The lowest BCUT2D eigenvalue weighted by atomic mass is 9.77. The largest absolute Gasteiger partial charge is 0.394 e. The molecule has 5 nitrogen and oxygen atoms in total. The summed E-state index contributed by atoms with van der Waals surface area (Å²) in [5.74, 6) is 1.92. The van der Waals surface area contributed by atoms with E-state index >= 15 is 0 Å². The van der Waals surface area contributed by atoms with Gasteiger partial charge in [0.15, 0.2) is 5.82 Å². The first-order chi connectivity index (χ1) is 12.7. The zero-order chi connectivity index (χ0) is 17.7. The predicted molar refractivity (Wildman–Crippen MR) is 105 cm³/mol. The Bertz CT molecular complexity index is 988. The van der Waals surface area contributed by atoms with E-state index < -0.39 is 10.8 Å². The van der Waals surface area contributed by atoms with Gasteiger partial charge in [-0.2, -0.15) is 0 Å². The van der Waals surface area contributed by atoms with E-state index in [2.05, 4.69) is 23.5 Å². The van der Waals surface area contributed by atoms with Crippen molar-refractivity contribution in [3.8, 4) is 10.7 Å². The average Bonchev–Trinajstić information content (AvgIpc) is 3.22. The van der Waals surface area contributed by atoms with Crippen LogP contribution in [0.25, 0.3) is 20.8 Å². The number of benzene rings is 1. The molecule has 3 aromatic rings. The van der Waals surface area contributed by atoms with Crippen LogP contribution < -0.4 is 5.32 Å². The summed E-state index contributed by atoms with van der Waals surface area (Å²) in [7, 11) is -1.07. The van der Waals surface area contributed by atoms with Crippen LogP contribution in [0, 0.1) is 0 Å². The molecule has 0 bridgehead atoms. The number of aliphatic hydroxyl groups excluding tert-OH is 1. The maximum Gasteiger partial charge on any atom is 0.171 e. The van der Waals surface area contributed by atoms with Gasteiger partial charge in [0.2, 0.25) is 0 Å². The maximum absolute atomic E-state index is 12.5. The Labute approximate surface area is 158 Å². The van der Waals surface area contributed by atoms with Gasteiger partial charge >= 0.3 is 0 Å². The normalized spacial score (nSPS) is 20.7. The number of aliphatic hydroxyl groups is 1. The van der Waals surface area contributed by atoms with Gasteiger partial charge in [-0.25, -0.2) is 9.97 Å². The number of anilines is 1. The molecule has 2 N–H and O–H groups in total. The first-order valence-electron chi connectivity index (χ1n) is 8.85. The van der Waals surface area contributed by atoms with Gasteiger partial charge < -0.3 is 10.4 Å². The predicted octanol–water partition coefficient (Wildman–Crippen LogP) is 3.35. The highest BCUT2D eigenvalue weighted by Crippen LogP contribution is 2.39. The Morgan fingerprint density at radius 2 is 2.12 bits per heavy atom. The van der Waals surface area contributed by atoms with Crippen molar-refractivity contribution in [3.05, 3.63) is 36.0 Å². The standard InChI is InChI=1S/C19H19N3O2S2/c23-11-19(7-3-8-19)22-18-16-13(6-9-26(16)24)20-17(21-18)15-10-12-4-1-2-5-14(12)25-15/h1-2,4-5,10,23H,3,6-9,11H2,(H,20,21,22). The Balaban J connectivity index is 1.63. The van der Waals surface area contributed by atoms with E-state index in [0.717, 1.165) is 34.7 Å². The van der Waals surface area contributed by atoms with Gasteiger partial charge in [0.1, 0.15) is 10.7 Å². The minimum atomic E-state index is -1.07. The Kier molecular flexibility index (Phi) is 3.84. The number of aromatic nitrogens is 2. The fourth-order valence-corrected chi connectivity index (χ4v) is 5.96. The molecule has 0 amide bonds. The SMILES string of the molecule is O=S1CCc2nc(-c3cc4ccccc4s3)nc(NC3(CO)CCC3)c21. The van der Waals surface area contributed by atoms with Gasteiger partial charge in [-0.3, -0.25) is 4.21 Å². The molecule has 0 radical (unpaired) electrons. The lowest BCUT2D eigenvalue weighted by Crippen LogP contribution is -2.48. The van der Waals surface area contributed by atoms with Crippen LogP contribution in [0.2, 0.25) is 0 Å². The Hall–Kier alpha value is -1.83. The van der Waals surface area contributed by atoms with Gasteiger partial charge in [-0.05, 0) is 36.8 Å². The first kappa shape index (κ1) is 16.4. The zero-order valence-corrected chi connectivity index (χ0v) is 15.8. The number of hydrogen-bond acceptors (Lipinski definition) is 6. The van der Waals surface area contributed by atoms with Crippen LogP contribution in [-0.2, 0) is 17.2 Å². The number of fused-ring (bicyclic) bond motifs is 2. The summed E-state index contributed by atoms with van der Waals surface area (Å²) < 4.78 is 13.7. The number of hydrogen-bond donors (Lipinski definition) is 2. The molecule has 1 saturated carbocycles. The molecule has 1 fully saturated rings. The fourth-order valence-electron chi connectivity index (χ4n) is 3.66. The number of rotatable bonds is 4. The Morgan fingerprint density at radius 3 is 2.85 bits per heavy atom. The van der Waals surface area contributed by atoms with Crippen molar-refractivity contribution in [2.75, 3.05) is 17.7 Å². The molecule has 1 aliphatic heterocycles. The van der Waals surface area contributed by atoms with Crippen molar-refractivity contribution in [3.63, 3.8) is 0 Å².